The molecule has 0 unspecified atom stereocenters. The number of nitrogens with zero attached hydrogens (tertiary/aromatic N) is 2. The van der Waals surface area contributed by atoms with Crippen molar-refractivity contribution in [3.05, 3.63) is 76.0 Å². The van der Waals surface area contributed by atoms with Gasteiger partial charge in [-0.3, -0.25) is 9.59 Å². The molecule has 2 aromatic carbocycles. The lowest BCUT2D eigenvalue weighted by Crippen LogP contribution is -2.42. The molecule has 3 aromatic rings. The predicted molar refractivity (Wildman–Crippen MR) is 133 cm³/mol. The van der Waals surface area contributed by atoms with E-state index in [-0.39, 0.29) is 29.5 Å². The molecule has 1 saturated heterocycles. The Kier molecular flexibility index (Phi) is 7.41. The van der Waals surface area contributed by atoms with Crippen LogP contribution in [0.2, 0.25) is 0 Å². The zero-order valence-corrected chi connectivity index (χ0v) is 20.6. The van der Waals surface area contributed by atoms with E-state index >= 15 is 0 Å². The number of piperidine rings is 1. The van der Waals surface area contributed by atoms with E-state index in [4.69, 9.17) is 0 Å². The predicted octanol–water partition coefficient (Wildman–Crippen LogP) is 5.37. The van der Waals surface area contributed by atoms with E-state index in [2.05, 4.69) is 10.3 Å². The summed E-state index contributed by atoms with van der Waals surface area (Å²) in [7, 11) is 0. The van der Waals surface area contributed by atoms with Gasteiger partial charge in [0.25, 0.3) is 5.91 Å². The van der Waals surface area contributed by atoms with E-state index in [9.17, 15) is 14.0 Å². The lowest BCUT2D eigenvalue weighted by molar-refractivity contribution is -0.126. The molecule has 0 bridgehead atoms. The van der Waals surface area contributed by atoms with Crippen LogP contribution in [0.15, 0.2) is 48.5 Å². The van der Waals surface area contributed by atoms with Gasteiger partial charge in [-0.25, -0.2) is 9.37 Å². The number of thiazole rings is 1. The van der Waals surface area contributed by atoms with Gasteiger partial charge in [-0.1, -0.05) is 48.9 Å². The number of rotatable bonds is 6. The van der Waals surface area contributed by atoms with E-state index in [1.807, 2.05) is 49.9 Å². The van der Waals surface area contributed by atoms with Crippen LogP contribution in [-0.2, 0) is 11.3 Å². The number of halogens is 1. The fourth-order valence-corrected chi connectivity index (χ4v) is 5.41. The summed E-state index contributed by atoms with van der Waals surface area (Å²) in [6, 6.07) is 14.4. The van der Waals surface area contributed by atoms with Crippen LogP contribution in [0.25, 0.3) is 10.6 Å². The van der Waals surface area contributed by atoms with E-state index in [0.29, 0.717) is 24.5 Å². The monoisotopic (exact) mass is 479 g/mol. The van der Waals surface area contributed by atoms with Crippen LogP contribution in [0.1, 0.15) is 46.3 Å². The third-order valence-corrected chi connectivity index (χ3v) is 7.79. The Morgan fingerprint density at radius 3 is 2.53 bits per heavy atom. The van der Waals surface area contributed by atoms with Crippen LogP contribution in [0.5, 0.6) is 0 Å². The molecule has 1 aliphatic rings. The highest BCUT2D eigenvalue weighted by Gasteiger charge is 2.31. The molecule has 1 N–H and O–H groups in total. The van der Waals surface area contributed by atoms with Crippen molar-refractivity contribution in [3.63, 3.8) is 0 Å². The van der Waals surface area contributed by atoms with Crippen LogP contribution >= 0.6 is 11.3 Å². The molecule has 1 atom stereocenters. The van der Waals surface area contributed by atoms with Crippen LogP contribution in [0, 0.1) is 31.5 Å². The minimum absolute atomic E-state index is 0.0232. The average Bonchev–Trinajstić information content (AvgIpc) is 3.23. The van der Waals surface area contributed by atoms with Crippen molar-refractivity contribution in [3.8, 4) is 10.6 Å². The van der Waals surface area contributed by atoms with Crippen molar-refractivity contribution in [2.24, 2.45) is 11.8 Å². The smallest absolute Gasteiger partial charge is 0.265 e. The summed E-state index contributed by atoms with van der Waals surface area (Å²) < 4.78 is 13.3. The largest absolute Gasteiger partial charge is 0.352 e. The van der Waals surface area contributed by atoms with Crippen molar-refractivity contribution in [1.29, 1.82) is 0 Å². The standard InChI is InChI=1S/C27H30FN3O2S/c1-17-7-9-22(10-8-17)26-30-19(3)24(34-26)27(33)31-13-11-21(12-14-31)18(2)25(32)29-16-20-5-4-6-23(28)15-20/h4-10,15,18,21H,11-14,16H2,1-3H3,(H,29,32)/t18-/m1/s1. The maximum Gasteiger partial charge on any atom is 0.265 e. The number of carbonyl (C=O) groups excluding carboxylic acids is 2. The lowest BCUT2D eigenvalue weighted by Gasteiger charge is -2.34. The van der Waals surface area contributed by atoms with Gasteiger partial charge in [0, 0.05) is 31.1 Å². The number of carbonyl (C=O) groups is 2. The van der Waals surface area contributed by atoms with Gasteiger partial charge in [0.1, 0.15) is 15.7 Å². The maximum atomic E-state index is 13.3. The number of aromatic nitrogens is 1. The zero-order valence-electron chi connectivity index (χ0n) is 19.8. The Balaban J connectivity index is 1.32. The summed E-state index contributed by atoms with van der Waals surface area (Å²) in [6.07, 6.45) is 1.56. The average molecular weight is 480 g/mol. The van der Waals surface area contributed by atoms with Gasteiger partial charge in [0.2, 0.25) is 5.91 Å². The molecule has 2 heterocycles. The van der Waals surface area contributed by atoms with E-state index in [0.717, 1.165) is 34.7 Å². The van der Waals surface area contributed by atoms with Crippen LogP contribution in [0.3, 0.4) is 0 Å². The summed E-state index contributed by atoms with van der Waals surface area (Å²) in [5, 5.41) is 3.78. The molecule has 178 valence electrons. The molecule has 1 aliphatic heterocycles. The third kappa shape index (κ3) is 5.53. The molecule has 2 amide bonds. The summed E-state index contributed by atoms with van der Waals surface area (Å²) in [5.74, 6) is -0.268. The lowest BCUT2D eigenvalue weighted by atomic mass is 9.84. The van der Waals surface area contributed by atoms with E-state index in [1.165, 1.54) is 29.0 Å². The number of amides is 2. The number of likely N-dealkylation sites (tertiary alicyclic amines) is 1. The molecule has 0 spiro atoms. The highest BCUT2D eigenvalue weighted by molar-refractivity contribution is 7.17. The summed E-state index contributed by atoms with van der Waals surface area (Å²) in [5.41, 5.74) is 3.71. The van der Waals surface area contributed by atoms with Crippen LogP contribution in [-0.4, -0.2) is 34.8 Å². The number of hydrogen-bond acceptors (Lipinski definition) is 4. The quantitative estimate of drug-likeness (QED) is 0.517. The first-order chi connectivity index (χ1) is 16.3. The zero-order chi connectivity index (χ0) is 24.2. The van der Waals surface area contributed by atoms with Gasteiger partial charge < -0.3 is 10.2 Å². The summed E-state index contributed by atoms with van der Waals surface area (Å²) in [4.78, 5) is 33.1. The normalized spacial score (nSPS) is 15.2. The molecular formula is C27H30FN3O2S. The fraction of sp³-hybridized carbons (Fsp3) is 0.370. The minimum Gasteiger partial charge on any atom is -0.352 e. The van der Waals surface area contributed by atoms with Crippen molar-refractivity contribution >= 4 is 23.2 Å². The minimum atomic E-state index is -0.306. The number of nitrogens with one attached hydrogen (secondary N) is 1. The number of benzene rings is 2. The van der Waals surface area contributed by atoms with Gasteiger partial charge >= 0.3 is 0 Å². The van der Waals surface area contributed by atoms with Gasteiger partial charge in [-0.05, 0) is 50.3 Å². The Morgan fingerprint density at radius 2 is 1.85 bits per heavy atom. The molecule has 1 fully saturated rings. The van der Waals surface area contributed by atoms with Gasteiger partial charge in [-0.2, -0.15) is 0 Å². The molecule has 34 heavy (non-hydrogen) atoms. The maximum absolute atomic E-state index is 13.3. The Bertz CT molecular complexity index is 1170. The highest BCUT2D eigenvalue weighted by Crippen LogP contribution is 2.31. The first-order valence-corrected chi connectivity index (χ1v) is 12.5. The van der Waals surface area contributed by atoms with Crippen molar-refractivity contribution in [2.75, 3.05) is 13.1 Å². The van der Waals surface area contributed by atoms with Gasteiger partial charge in [-0.15, -0.1) is 11.3 Å². The van der Waals surface area contributed by atoms with Crippen LogP contribution in [0.4, 0.5) is 4.39 Å². The van der Waals surface area contributed by atoms with E-state index in [1.54, 1.807) is 12.1 Å². The molecule has 4 rings (SSSR count). The summed E-state index contributed by atoms with van der Waals surface area (Å²) in [6.45, 7) is 7.43. The molecule has 0 aliphatic carbocycles. The molecular weight excluding hydrogens is 449 g/mol. The molecule has 0 saturated carbocycles. The Hall–Kier alpha value is -3.06. The molecule has 5 nitrogen and oxygen atoms in total. The van der Waals surface area contributed by atoms with E-state index < -0.39 is 0 Å². The fourth-order valence-electron chi connectivity index (χ4n) is 4.37. The van der Waals surface area contributed by atoms with Crippen LogP contribution < -0.4 is 5.32 Å². The topological polar surface area (TPSA) is 62.3 Å². The molecule has 1 aromatic heterocycles. The Labute approximate surface area is 204 Å². The second-order valence-electron chi connectivity index (χ2n) is 9.07. The van der Waals surface area contributed by atoms with Gasteiger partial charge in [0.05, 0.1) is 5.69 Å². The number of hydrogen-bond donors (Lipinski definition) is 1. The first kappa shape index (κ1) is 24.1. The molecule has 0 radical (unpaired) electrons. The van der Waals surface area contributed by atoms with Crippen molar-refractivity contribution < 1.29 is 14.0 Å². The second-order valence-corrected chi connectivity index (χ2v) is 10.1. The SMILES string of the molecule is Cc1ccc(-c2nc(C)c(C(=O)N3CCC([C@@H](C)C(=O)NCc4cccc(F)c4)CC3)s2)cc1. The second kappa shape index (κ2) is 10.5. The highest BCUT2D eigenvalue weighted by atomic mass is 32.1. The summed E-state index contributed by atoms with van der Waals surface area (Å²) >= 11 is 1.44. The molecule has 7 heteroatoms. The first-order valence-electron chi connectivity index (χ1n) is 11.7. The Morgan fingerprint density at radius 1 is 1.15 bits per heavy atom. The van der Waals surface area contributed by atoms with Crippen molar-refractivity contribution in [1.82, 2.24) is 15.2 Å². The van der Waals surface area contributed by atoms with Crippen molar-refractivity contribution in [2.45, 2.75) is 40.2 Å². The number of aryl methyl sites for hydroxylation is 2. The third-order valence-electron chi connectivity index (χ3n) is 6.59. The van der Waals surface area contributed by atoms with Gasteiger partial charge in [0.15, 0.2) is 0 Å².